The molecule has 3 heterocycles. The van der Waals surface area contributed by atoms with Gasteiger partial charge in [-0.3, -0.25) is 9.59 Å². The van der Waals surface area contributed by atoms with Gasteiger partial charge in [-0.25, -0.2) is 0 Å². The van der Waals surface area contributed by atoms with E-state index in [1.807, 2.05) is 0 Å². The molecule has 3 rings (SSSR count). The Morgan fingerprint density at radius 3 is 2.67 bits per heavy atom. The van der Waals surface area contributed by atoms with Gasteiger partial charge in [-0.1, -0.05) is 0 Å². The van der Waals surface area contributed by atoms with Gasteiger partial charge < -0.3 is 19.3 Å². The zero-order valence-electron chi connectivity index (χ0n) is 10.2. The van der Waals surface area contributed by atoms with E-state index in [0.29, 0.717) is 0 Å². The van der Waals surface area contributed by atoms with Gasteiger partial charge in [0, 0.05) is 5.92 Å². The molecule has 3 aliphatic heterocycles. The number of ether oxygens (including phenoxy) is 3. The molecule has 18 heavy (non-hydrogen) atoms. The summed E-state index contributed by atoms with van der Waals surface area (Å²) in [6, 6.07) is 0. The second kappa shape index (κ2) is 3.93. The average molecular weight is 256 g/mol. The van der Waals surface area contributed by atoms with Gasteiger partial charge in [-0.05, 0) is 13.8 Å². The van der Waals surface area contributed by atoms with Crippen molar-refractivity contribution < 1.29 is 28.9 Å². The van der Waals surface area contributed by atoms with Gasteiger partial charge >= 0.3 is 11.9 Å². The first-order valence-electron chi connectivity index (χ1n) is 6.22. The molecule has 0 aromatic heterocycles. The maximum absolute atomic E-state index is 11.9. The highest BCUT2D eigenvalue weighted by Gasteiger charge is 2.61. The second-order valence-electron chi connectivity index (χ2n) is 5.30. The Morgan fingerprint density at radius 2 is 2.00 bits per heavy atom. The van der Waals surface area contributed by atoms with Crippen LogP contribution in [0.2, 0.25) is 0 Å². The molecule has 3 saturated heterocycles. The molecule has 3 fully saturated rings. The van der Waals surface area contributed by atoms with Crippen molar-refractivity contribution in [3.8, 4) is 0 Å². The maximum Gasteiger partial charge on any atom is 0.312 e. The lowest BCUT2D eigenvalue weighted by molar-refractivity contribution is -0.175. The van der Waals surface area contributed by atoms with E-state index in [2.05, 4.69) is 0 Å². The Labute approximate surface area is 104 Å². The minimum atomic E-state index is -0.781. The van der Waals surface area contributed by atoms with E-state index < -0.39 is 24.2 Å². The quantitative estimate of drug-likeness (QED) is 0.644. The monoisotopic (exact) mass is 256 g/mol. The normalized spacial score (nSPS) is 48.2. The topological polar surface area (TPSA) is 82.1 Å². The molecular formula is C12H16O6. The molecule has 6 nitrogen and oxygen atoms in total. The smallest absolute Gasteiger partial charge is 0.312 e. The number of carbonyl (C=O) groups excluding carboxylic acids is 2. The fraction of sp³-hybridized carbons (Fsp3) is 0.833. The third-order valence-corrected chi connectivity index (χ3v) is 4.06. The number of carbonyl (C=O) groups is 2. The predicted molar refractivity (Wildman–Crippen MR) is 57.4 cm³/mol. The molecular weight excluding hydrogens is 240 g/mol. The summed E-state index contributed by atoms with van der Waals surface area (Å²) in [6.45, 7) is 3.33. The van der Waals surface area contributed by atoms with E-state index in [4.69, 9.17) is 14.2 Å². The molecule has 0 radical (unpaired) electrons. The van der Waals surface area contributed by atoms with Crippen LogP contribution in [0.4, 0.5) is 0 Å². The van der Waals surface area contributed by atoms with Crippen LogP contribution in [0.15, 0.2) is 0 Å². The van der Waals surface area contributed by atoms with Gasteiger partial charge in [0.25, 0.3) is 0 Å². The molecule has 0 aromatic rings. The Bertz CT molecular complexity index is 392. The van der Waals surface area contributed by atoms with Gasteiger partial charge in [-0.15, -0.1) is 0 Å². The number of hydrogen-bond acceptors (Lipinski definition) is 6. The van der Waals surface area contributed by atoms with Crippen LogP contribution in [0.3, 0.4) is 0 Å². The molecule has 3 aliphatic rings. The number of cyclic esters (lactones) is 2. The van der Waals surface area contributed by atoms with Crippen molar-refractivity contribution in [1.29, 1.82) is 0 Å². The molecule has 6 heteroatoms. The summed E-state index contributed by atoms with van der Waals surface area (Å²) in [7, 11) is 0. The molecule has 0 saturated carbocycles. The summed E-state index contributed by atoms with van der Waals surface area (Å²) in [5, 5.41) is 9.61. The Balaban J connectivity index is 1.88. The summed E-state index contributed by atoms with van der Waals surface area (Å²) in [6.07, 6.45) is -2.34. The summed E-state index contributed by atoms with van der Waals surface area (Å²) in [4.78, 5) is 23.3. The van der Waals surface area contributed by atoms with Crippen LogP contribution in [0.5, 0.6) is 0 Å². The van der Waals surface area contributed by atoms with Crippen LogP contribution in [0.1, 0.15) is 20.3 Å². The lowest BCUT2D eigenvalue weighted by atomic mass is 9.81. The maximum atomic E-state index is 11.9. The van der Waals surface area contributed by atoms with E-state index in [-0.39, 0.29) is 36.5 Å². The van der Waals surface area contributed by atoms with Crippen LogP contribution in [0.25, 0.3) is 0 Å². The van der Waals surface area contributed by atoms with Crippen LogP contribution in [0, 0.1) is 11.8 Å². The van der Waals surface area contributed by atoms with Crippen molar-refractivity contribution >= 4 is 11.9 Å². The minimum absolute atomic E-state index is 0.178. The summed E-state index contributed by atoms with van der Waals surface area (Å²) in [5.41, 5.74) is 0. The number of aliphatic hydroxyl groups is 1. The summed E-state index contributed by atoms with van der Waals surface area (Å²) in [5.74, 6) is -1.33. The highest BCUT2D eigenvalue weighted by molar-refractivity contribution is 5.79. The molecule has 0 aromatic carbocycles. The molecule has 0 unspecified atom stereocenters. The van der Waals surface area contributed by atoms with Gasteiger partial charge in [0.15, 0.2) is 6.10 Å². The molecule has 0 spiro atoms. The number of rotatable bonds is 1. The molecule has 1 N–H and O–H groups in total. The Hall–Kier alpha value is -1.14. The van der Waals surface area contributed by atoms with E-state index in [1.165, 1.54) is 0 Å². The van der Waals surface area contributed by atoms with Crippen LogP contribution in [-0.4, -0.2) is 47.6 Å². The summed E-state index contributed by atoms with van der Waals surface area (Å²) >= 11 is 0. The van der Waals surface area contributed by atoms with Gasteiger partial charge in [0.2, 0.25) is 0 Å². The van der Waals surface area contributed by atoms with E-state index in [1.54, 1.807) is 13.8 Å². The first-order chi connectivity index (χ1) is 8.49. The van der Waals surface area contributed by atoms with Crippen LogP contribution in [-0.2, 0) is 23.8 Å². The number of esters is 2. The zero-order chi connectivity index (χ0) is 13.0. The van der Waals surface area contributed by atoms with Crippen molar-refractivity contribution in [1.82, 2.24) is 0 Å². The van der Waals surface area contributed by atoms with Crippen LogP contribution >= 0.6 is 0 Å². The molecule has 0 aliphatic carbocycles. The minimum Gasteiger partial charge on any atom is -0.460 e. The predicted octanol–water partition coefficient (Wildman–Crippen LogP) is -0.372. The van der Waals surface area contributed by atoms with Gasteiger partial charge in [-0.2, -0.15) is 0 Å². The third-order valence-electron chi connectivity index (χ3n) is 4.06. The fourth-order valence-electron chi connectivity index (χ4n) is 3.28. The van der Waals surface area contributed by atoms with Crippen molar-refractivity contribution in [2.45, 2.75) is 50.8 Å². The molecule has 0 bridgehead atoms. The average Bonchev–Trinajstić information content (AvgIpc) is 2.78. The van der Waals surface area contributed by atoms with Crippen molar-refractivity contribution in [3.63, 3.8) is 0 Å². The van der Waals surface area contributed by atoms with E-state index in [0.717, 1.165) is 0 Å². The highest BCUT2D eigenvalue weighted by Crippen LogP contribution is 2.46. The SMILES string of the molecule is C[C@H](O)[C@@H]1OC(=O)[C@H]2[C@@H]3CC(=O)O[C@@H](C)[C@@H]3O[C@@H]12. The first kappa shape index (κ1) is 11.9. The van der Waals surface area contributed by atoms with E-state index >= 15 is 0 Å². The highest BCUT2D eigenvalue weighted by atomic mass is 16.6. The molecule has 0 amide bonds. The van der Waals surface area contributed by atoms with Crippen molar-refractivity contribution in [2.24, 2.45) is 11.8 Å². The number of fused-ring (bicyclic) bond motifs is 3. The molecule has 100 valence electrons. The van der Waals surface area contributed by atoms with Crippen molar-refractivity contribution in [2.75, 3.05) is 0 Å². The zero-order valence-corrected chi connectivity index (χ0v) is 10.2. The Morgan fingerprint density at radius 1 is 1.28 bits per heavy atom. The second-order valence-corrected chi connectivity index (χ2v) is 5.30. The summed E-state index contributed by atoms with van der Waals surface area (Å²) < 4.78 is 16.1. The van der Waals surface area contributed by atoms with Gasteiger partial charge in [0.05, 0.1) is 24.5 Å². The fourth-order valence-corrected chi connectivity index (χ4v) is 3.28. The molecule has 7 atom stereocenters. The first-order valence-corrected chi connectivity index (χ1v) is 6.22. The lowest BCUT2D eigenvalue weighted by Gasteiger charge is -2.31. The largest absolute Gasteiger partial charge is 0.460 e. The van der Waals surface area contributed by atoms with E-state index in [9.17, 15) is 14.7 Å². The van der Waals surface area contributed by atoms with Crippen LogP contribution < -0.4 is 0 Å². The van der Waals surface area contributed by atoms with Crippen molar-refractivity contribution in [3.05, 3.63) is 0 Å². The lowest BCUT2D eigenvalue weighted by Crippen LogP contribution is -2.42. The third kappa shape index (κ3) is 1.55. The Kier molecular flexibility index (Phi) is 2.60. The number of aliphatic hydroxyl groups excluding tert-OH is 1. The number of hydrogen-bond donors (Lipinski definition) is 1. The standard InChI is InChI=1S/C12H16O6/c1-4(13)9-11-8(12(15)18-9)6-3-7(14)16-5(2)10(6)17-11/h4-6,8-11,13H,3H2,1-2H3/t4-,5-,6-,8-,9-,10-,11+/m0/s1. The van der Waals surface area contributed by atoms with Gasteiger partial charge in [0.1, 0.15) is 12.2 Å².